The summed E-state index contributed by atoms with van der Waals surface area (Å²) in [5.74, 6) is -1.09. The van der Waals surface area contributed by atoms with Gasteiger partial charge in [-0.15, -0.1) is 0 Å². The molecule has 8 nitrogen and oxygen atoms in total. The molecule has 2 aromatic carbocycles. The van der Waals surface area contributed by atoms with E-state index in [1.807, 2.05) is 0 Å². The Labute approximate surface area is 156 Å². The average Bonchev–Trinajstić information content (AvgIpc) is 2.63. The van der Waals surface area contributed by atoms with Crippen LogP contribution in [-0.2, 0) is 9.84 Å². The van der Waals surface area contributed by atoms with E-state index in [-0.39, 0.29) is 48.2 Å². The van der Waals surface area contributed by atoms with Crippen LogP contribution in [0.2, 0.25) is 0 Å². The molecule has 2 rings (SSSR count). The minimum absolute atomic E-state index is 0.0861. The number of sulfone groups is 1. The van der Waals surface area contributed by atoms with Crippen LogP contribution >= 0.6 is 0 Å². The molecule has 0 radical (unpaired) electrons. The van der Waals surface area contributed by atoms with E-state index in [0.717, 1.165) is 0 Å². The number of aliphatic hydroxyl groups is 1. The molecule has 9 heteroatoms. The predicted octanol–water partition coefficient (Wildman–Crippen LogP) is 1.70. The fourth-order valence-electron chi connectivity index (χ4n) is 2.25. The Bertz CT molecular complexity index is 875. The van der Waals surface area contributed by atoms with E-state index in [2.05, 4.69) is 0 Å². The normalized spacial score (nSPS) is 11.1. The number of hydrogen-bond acceptors (Lipinski definition) is 7. The minimum atomic E-state index is -3.49. The van der Waals surface area contributed by atoms with Gasteiger partial charge in [-0.05, 0) is 42.8 Å². The fourth-order valence-corrected chi connectivity index (χ4v) is 3.53. The SMILES string of the molecule is O=C(O)c1ccc(OCCCS(=O)(=O)c2ccc(OCCO)cc2)cc1O. The lowest BCUT2D eigenvalue weighted by molar-refractivity contribution is 0.0693. The van der Waals surface area contributed by atoms with Gasteiger partial charge in [0.25, 0.3) is 0 Å². The Balaban J connectivity index is 1.87. The number of rotatable bonds is 10. The Morgan fingerprint density at radius 1 is 0.963 bits per heavy atom. The lowest BCUT2D eigenvalue weighted by Gasteiger charge is -2.09. The van der Waals surface area contributed by atoms with Crippen molar-refractivity contribution in [1.82, 2.24) is 0 Å². The van der Waals surface area contributed by atoms with Crippen molar-refractivity contribution < 1.29 is 38.0 Å². The van der Waals surface area contributed by atoms with Gasteiger partial charge in [-0.2, -0.15) is 0 Å². The molecule has 0 aliphatic rings. The quantitative estimate of drug-likeness (QED) is 0.517. The molecule has 3 N–H and O–H groups in total. The number of carboxylic acid groups (broad SMARTS) is 1. The maximum Gasteiger partial charge on any atom is 0.339 e. The van der Waals surface area contributed by atoms with Gasteiger partial charge in [0.1, 0.15) is 29.4 Å². The Kier molecular flexibility index (Phi) is 7.03. The second kappa shape index (κ2) is 9.24. The Morgan fingerprint density at radius 2 is 1.59 bits per heavy atom. The molecule has 0 atom stereocenters. The summed E-state index contributed by atoms with van der Waals surface area (Å²) in [6, 6.07) is 9.69. The van der Waals surface area contributed by atoms with Gasteiger partial charge in [0.05, 0.1) is 23.9 Å². The van der Waals surface area contributed by atoms with Crippen molar-refractivity contribution in [2.24, 2.45) is 0 Å². The third kappa shape index (κ3) is 5.87. The zero-order chi connectivity index (χ0) is 19.9. The highest BCUT2D eigenvalue weighted by Crippen LogP contribution is 2.24. The predicted molar refractivity (Wildman–Crippen MR) is 96.3 cm³/mol. The molecule has 0 amide bonds. The van der Waals surface area contributed by atoms with Crippen LogP contribution in [0, 0.1) is 0 Å². The minimum Gasteiger partial charge on any atom is -0.507 e. The molecule has 0 saturated carbocycles. The van der Waals surface area contributed by atoms with Crippen molar-refractivity contribution in [2.45, 2.75) is 11.3 Å². The van der Waals surface area contributed by atoms with E-state index in [9.17, 15) is 18.3 Å². The van der Waals surface area contributed by atoms with E-state index >= 15 is 0 Å². The zero-order valence-electron chi connectivity index (χ0n) is 14.4. The third-order valence-electron chi connectivity index (χ3n) is 3.57. The average molecular weight is 396 g/mol. The van der Waals surface area contributed by atoms with Crippen molar-refractivity contribution in [3.05, 3.63) is 48.0 Å². The molecule has 0 aliphatic heterocycles. The van der Waals surface area contributed by atoms with Gasteiger partial charge in [-0.3, -0.25) is 0 Å². The van der Waals surface area contributed by atoms with E-state index in [1.165, 1.54) is 42.5 Å². The van der Waals surface area contributed by atoms with E-state index < -0.39 is 21.6 Å². The number of aromatic carboxylic acids is 1. The summed E-state index contributed by atoms with van der Waals surface area (Å²) < 4.78 is 35.1. The fraction of sp³-hybridized carbons (Fsp3) is 0.278. The molecule has 0 unspecified atom stereocenters. The van der Waals surface area contributed by atoms with Gasteiger partial charge in [0, 0.05) is 6.07 Å². The molecule has 146 valence electrons. The summed E-state index contributed by atoms with van der Waals surface area (Å²) in [5, 5.41) is 27.1. The molecular weight excluding hydrogens is 376 g/mol. The highest BCUT2D eigenvalue weighted by atomic mass is 32.2. The summed E-state index contributed by atoms with van der Waals surface area (Å²) >= 11 is 0. The summed E-state index contributed by atoms with van der Waals surface area (Å²) in [4.78, 5) is 11.0. The summed E-state index contributed by atoms with van der Waals surface area (Å²) in [6.07, 6.45) is 0.215. The van der Waals surface area contributed by atoms with E-state index in [4.69, 9.17) is 19.7 Å². The molecular formula is C18H20O8S. The Hall–Kier alpha value is -2.78. The smallest absolute Gasteiger partial charge is 0.339 e. The highest BCUT2D eigenvalue weighted by molar-refractivity contribution is 7.91. The first-order valence-electron chi connectivity index (χ1n) is 8.09. The summed E-state index contributed by atoms with van der Waals surface area (Å²) in [7, 11) is -3.49. The lowest BCUT2D eigenvalue weighted by atomic mass is 10.2. The van der Waals surface area contributed by atoms with E-state index in [1.54, 1.807) is 0 Å². The van der Waals surface area contributed by atoms with Crippen LogP contribution in [0.3, 0.4) is 0 Å². The van der Waals surface area contributed by atoms with Crippen LogP contribution in [0.5, 0.6) is 17.2 Å². The highest BCUT2D eigenvalue weighted by Gasteiger charge is 2.15. The van der Waals surface area contributed by atoms with Crippen LogP contribution in [-0.4, -0.2) is 55.3 Å². The van der Waals surface area contributed by atoms with Crippen LogP contribution in [0.1, 0.15) is 16.8 Å². The second-order valence-corrected chi connectivity index (χ2v) is 7.66. The van der Waals surface area contributed by atoms with E-state index in [0.29, 0.717) is 5.75 Å². The first kappa shape index (κ1) is 20.5. The number of hydrogen-bond donors (Lipinski definition) is 3. The van der Waals surface area contributed by atoms with Crippen molar-refractivity contribution in [3.63, 3.8) is 0 Å². The molecule has 0 saturated heterocycles. The molecule has 0 aliphatic carbocycles. The number of ether oxygens (including phenoxy) is 2. The van der Waals surface area contributed by atoms with Gasteiger partial charge in [-0.25, -0.2) is 13.2 Å². The molecule has 27 heavy (non-hydrogen) atoms. The summed E-state index contributed by atoms with van der Waals surface area (Å²) in [6.45, 7) is 0.0894. The number of benzene rings is 2. The van der Waals surface area contributed by atoms with Crippen LogP contribution in [0.25, 0.3) is 0 Å². The number of phenols is 1. The maximum atomic E-state index is 12.3. The van der Waals surface area contributed by atoms with Crippen LogP contribution in [0.15, 0.2) is 47.4 Å². The van der Waals surface area contributed by atoms with Gasteiger partial charge in [0.2, 0.25) is 0 Å². The largest absolute Gasteiger partial charge is 0.507 e. The van der Waals surface area contributed by atoms with Gasteiger partial charge >= 0.3 is 5.97 Å². The van der Waals surface area contributed by atoms with Crippen molar-refractivity contribution in [2.75, 3.05) is 25.6 Å². The van der Waals surface area contributed by atoms with Crippen molar-refractivity contribution >= 4 is 15.8 Å². The van der Waals surface area contributed by atoms with Gasteiger partial charge in [-0.1, -0.05) is 0 Å². The molecule has 0 bridgehead atoms. The lowest BCUT2D eigenvalue weighted by Crippen LogP contribution is -2.11. The summed E-state index contributed by atoms with van der Waals surface area (Å²) in [5.41, 5.74) is -0.239. The van der Waals surface area contributed by atoms with Crippen LogP contribution < -0.4 is 9.47 Å². The monoisotopic (exact) mass is 396 g/mol. The maximum absolute atomic E-state index is 12.3. The Morgan fingerprint density at radius 3 is 2.19 bits per heavy atom. The molecule has 0 spiro atoms. The first-order valence-corrected chi connectivity index (χ1v) is 9.74. The standard InChI is InChI=1S/C18H20O8S/c19-8-10-26-13-2-5-15(6-3-13)27(23,24)11-1-9-25-14-4-7-16(18(21)22)17(20)12-14/h2-7,12,19-20H,1,8-11H2,(H,21,22). The molecule has 2 aromatic rings. The molecule has 0 aromatic heterocycles. The van der Waals surface area contributed by atoms with Crippen molar-refractivity contribution in [3.8, 4) is 17.2 Å². The topological polar surface area (TPSA) is 130 Å². The van der Waals surface area contributed by atoms with Gasteiger partial charge in [0.15, 0.2) is 9.84 Å². The first-order chi connectivity index (χ1) is 12.8. The number of aromatic hydroxyl groups is 1. The number of carboxylic acids is 1. The molecule has 0 heterocycles. The van der Waals surface area contributed by atoms with Gasteiger partial charge < -0.3 is 24.8 Å². The second-order valence-electron chi connectivity index (χ2n) is 5.55. The number of carbonyl (C=O) groups is 1. The van der Waals surface area contributed by atoms with Crippen molar-refractivity contribution in [1.29, 1.82) is 0 Å². The third-order valence-corrected chi connectivity index (χ3v) is 5.39. The zero-order valence-corrected chi connectivity index (χ0v) is 15.2. The van der Waals surface area contributed by atoms with Crippen LogP contribution in [0.4, 0.5) is 0 Å². The number of aliphatic hydroxyl groups excluding tert-OH is 1. The molecule has 0 fully saturated rings.